The highest BCUT2D eigenvalue weighted by Crippen LogP contribution is 2.27. The van der Waals surface area contributed by atoms with E-state index in [9.17, 15) is 4.79 Å². The second-order valence-corrected chi connectivity index (χ2v) is 7.78. The van der Waals surface area contributed by atoms with Crippen LogP contribution >= 0.6 is 0 Å². The van der Waals surface area contributed by atoms with Crippen molar-refractivity contribution in [1.29, 1.82) is 0 Å². The summed E-state index contributed by atoms with van der Waals surface area (Å²) >= 11 is 0. The molecule has 4 rings (SSSR count). The second kappa shape index (κ2) is 8.89. The lowest BCUT2D eigenvalue weighted by Gasteiger charge is -2.32. The molecule has 1 aromatic carbocycles. The summed E-state index contributed by atoms with van der Waals surface area (Å²) < 4.78 is 11.0. The number of ether oxygens (including phenoxy) is 2. The highest BCUT2D eigenvalue weighted by atomic mass is 16.5. The van der Waals surface area contributed by atoms with Gasteiger partial charge in [0.15, 0.2) is 0 Å². The van der Waals surface area contributed by atoms with Gasteiger partial charge >= 0.3 is 0 Å². The molecule has 0 N–H and O–H groups in total. The van der Waals surface area contributed by atoms with Crippen molar-refractivity contribution in [2.45, 2.75) is 25.7 Å². The van der Waals surface area contributed by atoms with Crippen molar-refractivity contribution in [2.24, 2.45) is 5.92 Å². The molecule has 0 aromatic heterocycles. The lowest BCUT2D eigenvalue weighted by molar-refractivity contribution is 0.0315. The molecular formula is C22H30N2O3. The first-order chi connectivity index (χ1) is 13.3. The Morgan fingerprint density at radius 1 is 1.19 bits per heavy atom. The van der Waals surface area contributed by atoms with Gasteiger partial charge in [0.05, 0.1) is 19.8 Å². The molecule has 3 aliphatic rings. The Labute approximate surface area is 161 Å². The Morgan fingerprint density at radius 3 is 2.89 bits per heavy atom. The number of hydrogen-bond donors (Lipinski definition) is 0. The third kappa shape index (κ3) is 4.71. The molecule has 2 heterocycles. The van der Waals surface area contributed by atoms with Gasteiger partial charge in [-0.1, -0.05) is 12.2 Å². The van der Waals surface area contributed by atoms with Crippen LogP contribution < -0.4 is 4.74 Å². The molecule has 27 heavy (non-hydrogen) atoms. The number of benzene rings is 1. The van der Waals surface area contributed by atoms with Crippen molar-refractivity contribution in [1.82, 2.24) is 9.80 Å². The molecule has 0 unspecified atom stereocenters. The van der Waals surface area contributed by atoms with Crippen LogP contribution in [0.3, 0.4) is 0 Å². The number of allylic oxidation sites excluding steroid dienone is 2. The Morgan fingerprint density at radius 2 is 2.07 bits per heavy atom. The maximum absolute atomic E-state index is 13.3. The molecule has 2 aliphatic heterocycles. The van der Waals surface area contributed by atoms with E-state index >= 15 is 0 Å². The molecule has 5 heteroatoms. The molecule has 146 valence electrons. The van der Waals surface area contributed by atoms with Gasteiger partial charge in [-0.05, 0) is 48.9 Å². The van der Waals surface area contributed by atoms with E-state index in [0.717, 1.165) is 88.7 Å². The molecule has 1 fully saturated rings. The lowest BCUT2D eigenvalue weighted by Crippen LogP contribution is -2.44. The average Bonchev–Trinajstić information content (AvgIpc) is 3.20. The standard InChI is InChI=1S/C22H30N2O3/c25-22(20-6-7-21-19(16-20)8-13-27-21)24(17-18-4-2-1-3-5-18)10-9-23-11-14-26-15-12-23/h1-2,6-7,16,18H,3-5,8-15,17H2/t18-/m0/s1. The van der Waals surface area contributed by atoms with Crippen molar-refractivity contribution >= 4 is 5.91 Å². The van der Waals surface area contributed by atoms with Gasteiger partial charge < -0.3 is 14.4 Å². The van der Waals surface area contributed by atoms with E-state index in [1.807, 2.05) is 18.2 Å². The number of amides is 1. The van der Waals surface area contributed by atoms with E-state index in [4.69, 9.17) is 9.47 Å². The van der Waals surface area contributed by atoms with Crippen LogP contribution in [0.25, 0.3) is 0 Å². The molecule has 1 aliphatic carbocycles. The van der Waals surface area contributed by atoms with E-state index in [2.05, 4.69) is 22.0 Å². The fourth-order valence-electron chi connectivity index (χ4n) is 4.20. The summed E-state index contributed by atoms with van der Waals surface area (Å²) in [7, 11) is 0. The van der Waals surface area contributed by atoms with Gasteiger partial charge in [0.2, 0.25) is 0 Å². The van der Waals surface area contributed by atoms with Gasteiger partial charge in [-0.3, -0.25) is 9.69 Å². The van der Waals surface area contributed by atoms with Crippen LogP contribution in [0.15, 0.2) is 30.4 Å². The highest BCUT2D eigenvalue weighted by molar-refractivity contribution is 5.94. The molecular weight excluding hydrogens is 340 g/mol. The largest absolute Gasteiger partial charge is 0.493 e. The van der Waals surface area contributed by atoms with E-state index in [1.54, 1.807) is 0 Å². The SMILES string of the molecule is O=C(c1ccc2c(c1)CCO2)N(CCN1CCOCC1)C[C@H]1CC=CCC1. The van der Waals surface area contributed by atoms with Crippen LogP contribution in [0.2, 0.25) is 0 Å². The quantitative estimate of drug-likeness (QED) is 0.722. The van der Waals surface area contributed by atoms with Gasteiger partial charge in [-0.2, -0.15) is 0 Å². The molecule has 1 amide bonds. The number of fused-ring (bicyclic) bond motifs is 1. The van der Waals surface area contributed by atoms with Crippen LogP contribution in [-0.4, -0.2) is 68.3 Å². The minimum Gasteiger partial charge on any atom is -0.493 e. The number of hydrogen-bond acceptors (Lipinski definition) is 4. The van der Waals surface area contributed by atoms with E-state index in [-0.39, 0.29) is 5.91 Å². The summed E-state index contributed by atoms with van der Waals surface area (Å²) in [6.07, 6.45) is 8.82. The van der Waals surface area contributed by atoms with E-state index in [0.29, 0.717) is 5.92 Å². The summed E-state index contributed by atoms with van der Waals surface area (Å²) in [4.78, 5) is 17.8. The molecule has 0 spiro atoms. The second-order valence-electron chi connectivity index (χ2n) is 7.78. The number of carbonyl (C=O) groups excluding carboxylic acids is 1. The summed E-state index contributed by atoms with van der Waals surface area (Å²) in [5, 5.41) is 0. The first kappa shape index (κ1) is 18.5. The summed E-state index contributed by atoms with van der Waals surface area (Å²) in [5.41, 5.74) is 1.96. The predicted octanol–water partition coefficient (Wildman–Crippen LogP) is 2.75. The maximum atomic E-state index is 13.3. The number of nitrogens with zero attached hydrogens (tertiary/aromatic N) is 2. The van der Waals surface area contributed by atoms with Crippen molar-refractivity contribution < 1.29 is 14.3 Å². The zero-order chi connectivity index (χ0) is 18.5. The number of carbonyl (C=O) groups is 1. The van der Waals surface area contributed by atoms with E-state index in [1.165, 1.54) is 6.42 Å². The summed E-state index contributed by atoms with van der Waals surface area (Å²) in [6.45, 7) is 6.80. The maximum Gasteiger partial charge on any atom is 0.253 e. The Kier molecular flexibility index (Phi) is 6.10. The minimum absolute atomic E-state index is 0.160. The first-order valence-corrected chi connectivity index (χ1v) is 10.3. The van der Waals surface area contributed by atoms with Gasteiger partial charge in [0.1, 0.15) is 5.75 Å². The van der Waals surface area contributed by atoms with Gasteiger partial charge in [-0.15, -0.1) is 0 Å². The Hall–Kier alpha value is -1.85. The monoisotopic (exact) mass is 370 g/mol. The highest BCUT2D eigenvalue weighted by Gasteiger charge is 2.23. The fourth-order valence-corrected chi connectivity index (χ4v) is 4.20. The van der Waals surface area contributed by atoms with Crippen LogP contribution in [0, 0.1) is 5.92 Å². The van der Waals surface area contributed by atoms with Gasteiger partial charge in [0, 0.05) is 44.7 Å². The number of rotatable bonds is 6. The fraction of sp³-hybridized carbons (Fsp3) is 0.591. The van der Waals surface area contributed by atoms with Crippen LogP contribution in [0.5, 0.6) is 5.75 Å². The van der Waals surface area contributed by atoms with Crippen LogP contribution in [-0.2, 0) is 11.2 Å². The van der Waals surface area contributed by atoms with E-state index < -0.39 is 0 Å². The summed E-state index contributed by atoms with van der Waals surface area (Å²) in [5.74, 6) is 1.66. The summed E-state index contributed by atoms with van der Waals surface area (Å²) in [6, 6.07) is 5.92. The van der Waals surface area contributed by atoms with Gasteiger partial charge in [-0.25, -0.2) is 0 Å². The van der Waals surface area contributed by atoms with Crippen LogP contribution in [0.4, 0.5) is 0 Å². The zero-order valence-corrected chi connectivity index (χ0v) is 16.1. The molecule has 0 bridgehead atoms. The smallest absolute Gasteiger partial charge is 0.253 e. The topological polar surface area (TPSA) is 42.0 Å². The Bertz CT molecular complexity index is 682. The molecule has 1 aromatic rings. The van der Waals surface area contributed by atoms with Crippen molar-refractivity contribution in [3.63, 3.8) is 0 Å². The van der Waals surface area contributed by atoms with Crippen molar-refractivity contribution in [3.05, 3.63) is 41.5 Å². The molecule has 0 saturated carbocycles. The predicted molar refractivity (Wildman–Crippen MR) is 105 cm³/mol. The third-order valence-electron chi connectivity index (χ3n) is 5.87. The lowest BCUT2D eigenvalue weighted by atomic mass is 9.93. The minimum atomic E-state index is 0.160. The normalized spacial score (nSPS) is 22.3. The van der Waals surface area contributed by atoms with Crippen LogP contribution in [0.1, 0.15) is 35.2 Å². The molecule has 0 radical (unpaired) electrons. The third-order valence-corrected chi connectivity index (χ3v) is 5.87. The van der Waals surface area contributed by atoms with Crippen molar-refractivity contribution in [3.8, 4) is 5.75 Å². The first-order valence-electron chi connectivity index (χ1n) is 10.3. The molecule has 1 saturated heterocycles. The average molecular weight is 370 g/mol. The van der Waals surface area contributed by atoms with Crippen molar-refractivity contribution in [2.75, 3.05) is 52.5 Å². The number of morpholine rings is 1. The zero-order valence-electron chi connectivity index (χ0n) is 16.1. The molecule has 5 nitrogen and oxygen atoms in total. The molecule has 1 atom stereocenters. The van der Waals surface area contributed by atoms with Gasteiger partial charge in [0.25, 0.3) is 5.91 Å². The Balaban J connectivity index is 1.45.